The second-order valence-corrected chi connectivity index (χ2v) is 9.06. The molecular weight excluding hydrogens is 429 g/mol. The molecule has 3 heterocycles. The molecule has 1 fully saturated rings. The molecule has 1 saturated heterocycles. The van der Waals surface area contributed by atoms with Crippen molar-refractivity contribution in [2.45, 2.75) is 31.5 Å². The molecule has 7 nitrogen and oxygen atoms in total. The van der Waals surface area contributed by atoms with Crippen LogP contribution in [0.2, 0.25) is 0 Å². The Labute approximate surface area is 190 Å². The van der Waals surface area contributed by atoms with Crippen molar-refractivity contribution < 1.29 is 14.3 Å². The summed E-state index contributed by atoms with van der Waals surface area (Å²) in [5.74, 6) is -0.350. The summed E-state index contributed by atoms with van der Waals surface area (Å²) in [6, 6.07) is 9.36. The van der Waals surface area contributed by atoms with Crippen LogP contribution in [0.15, 0.2) is 54.2 Å². The van der Waals surface area contributed by atoms with E-state index in [-0.39, 0.29) is 11.8 Å². The van der Waals surface area contributed by atoms with Crippen LogP contribution < -0.4 is 5.32 Å². The Kier molecular flexibility index (Phi) is 6.78. The van der Waals surface area contributed by atoms with Gasteiger partial charge in [0.05, 0.1) is 12.2 Å². The van der Waals surface area contributed by atoms with Gasteiger partial charge in [0.1, 0.15) is 16.4 Å². The number of carbonyl (C=O) groups excluding carboxylic acids is 1. The van der Waals surface area contributed by atoms with Gasteiger partial charge in [-0.05, 0) is 55.8 Å². The van der Waals surface area contributed by atoms with E-state index in [2.05, 4.69) is 20.2 Å². The first-order valence-electron chi connectivity index (χ1n) is 10.5. The molecule has 2 aromatic heterocycles. The molecule has 0 atom stereocenters. The fraction of sp³-hybridized carbons (Fsp3) is 0.348. The lowest BCUT2D eigenvalue weighted by molar-refractivity contribution is -0.0189. The van der Waals surface area contributed by atoms with E-state index >= 15 is 0 Å². The number of halogens is 1. The molecular formula is C23H26FN5O2S. The topological polar surface area (TPSA) is 81.6 Å². The number of aliphatic hydroxyl groups is 1. The predicted molar refractivity (Wildman–Crippen MR) is 122 cm³/mol. The van der Waals surface area contributed by atoms with Crippen molar-refractivity contribution in [1.82, 2.24) is 19.8 Å². The Bertz CT molecular complexity index is 1040. The minimum atomic E-state index is -1.04. The molecule has 1 aliphatic rings. The summed E-state index contributed by atoms with van der Waals surface area (Å²) in [5.41, 5.74) is 1.31. The molecule has 9 heteroatoms. The van der Waals surface area contributed by atoms with Crippen LogP contribution in [-0.2, 0) is 18.7 Å². The van der Waals surface area contributed by atoms with Crippen molar-refractivity contribution in [1.29, 1.82) is 0 Å². The third-order valence-electron chi connectivity index (χ3n) is 5.58. The van der Waals surface area contributed by atoms with Gasteiger partial charge in [-0.3, -0.25) is 9.88 Å². The molecule has 3 aromatic rings. The second-order valence-electron chi connectivity index (χ2n) is 8.12. The first-order chi connectivity index (χ1) is 15.4. The number of urea groups is 1. The monoisotopic (exact) mass is 455 g/mol. The average molecular weight is 456 g/mol. The first kappa shape index (κ1) is 22.3. The molecule has 0 saturated carbocycles. The van der Waals surface area contributed by atoms with Crippen LogP contribution in [-0.4, -0.2) is 51.0 Å². The fourth-order valence-corrected chi connectivity index (χ4v) is 4.72. The number of hydrogen-bond acceptors (Lipinski definition) is 6. The summed E-state index contributed by atoms with van der Waals surface area (Å²) in [4.78, 5) is 25.1. The summed E-state index contributed by atoms with van der Waals surface area (Å²) < 4.78 is 13.0. The number of nitrogens with zero attached hydrogens (tertiary/aromatic N) is 4. The van der Waals surface area contributed by atoms with Gasteiger partial charge < -0.3 is 15.3 Å². The molecule has 0 unspecified atom stereocenters. The Balaban J connectivity index is 1.30. The Hall–Kier alpha value is -2.88. The molecule has 32 heavy (non-hydrogen) atoms. The van der Waals surface area contributed by atoms with Crippen molar-refractivity contribution in [3.8, 4) is 0 Å². The molecule has 2 N–H and O–H groups in total. The number of thiazole rings is 1. The number of aromatic nitrogens is 2. The van der Waals surface area contributed by atoms with Crippen molar-refractivity contribution >= 4 is 23.1 Å². The van der Waals surface area contributed by atoms with Crippen molar-refractivity contribution in [3.63, 3.8) is 0 Å². The number of carbonyl (C=O) groups is 1. The van der Waals surface area contributed by atoms with E-state index in [1.807, 2.05) is 30.8 Å². The SMILES string of the molecule is CN(Cc1cccnc1)Cc1nc(C2(O)CCN(C(=O)Nc3ccc(F)cc3)CC2)cs1. The summed E-state index contributed by atoms with van der Waals surface area (Å²) in [5, 5.41) is 16.8. The zero-order valence-electron chi connectivity index (χ0n) is 17.9. The van der Waals surface area contributed by atoms with Gasteiger partial charge >= 0.3 is 6.03 Å². The minimum absolute atomic E-state index is 0.255. The highest BCUT2D eigenvalue weighted by Crippen LogP contribution is 2.34. The van der Waals surface area contributed by atoms with E-state index in [0.717, 1.165) is 17.1 Å². The maximum Gasteiger partial charge on any atom is 0.321 e. The number of hydrogen-bond donors (Lipinski definition) is 2. The van der Waals surface area contributed by atoms with Crippen LogP contribution in [0.3, 0.4) is 0 Å². The third kappa shape index (κ3) is 5.48. The van der Waals surface area contributed by atoms with E-state index in [9.17, 15) is 14.3 Å². The van der Waals surface area contributed by atoms with Crippen LogP contribution in [0.25, 0.3) is 0 Å². The lowest BCUT2D eigenvalue weighted by Gasteiger charge is -2.37. The Morgan fingerprint density at radius 2 is 2.00 bits per heavy atom. The van der Waals surface area contributed by atoms with Gasteiger partial charge in [-0.2, -0.15) is 0 Å². The normalized spacial score (nSPS) is 15.7. The van der Waals surface area contributed by atoms with Gasteiger partial charge in [0.2, 0.25) is 0 Å². The number of pyridine rings is 1. The molecule has 168 valence electrons. The molecule has 0 aliphatic carbocycles. The maximum absolute atomic E-state index is 13.0. The largest absolute Gasteiger partial charge is 0.383 e. The number of nitrogens with one attached hydrogen (secondary N) is 1. The predicted octanol–water partition coefficient (Wildman–Crippen LogP) is 3.82. The Morgan fingerprint density at radius 1 is 1.25 bits per heavy atom. The average Bonchev–Trinajstić information content (AvgIpc) is 3.26. The van der Waals surface area contributed by atoms with Crippen LogP contribution in [0.1, 0.15) is 29.1 Å². The summed E-state index contributed by atoms with van der Waals surface area (Å²) >= 11 is 1.54. The maximum atomic E-state index is 13.0. The van der Waals surface area contributed by atoms with Crippen LogP contribution in [0, 0.1) is 5.82 Å². The van der Waals surface area contributed by atoms with E-state index in [4.69, 9.17) is 0 Å². The Morgan fingerprint density at radius 3 is 2.69 bits per heavy atom. The van der Waals surface area contributed by atoms with Crippen molar-refractivity contribution in [2.75, 3.05) is 25.5 Å². The zero-order chi connectivity index (χ0) is 22.6. The highest BCUT2D eigenvalue weighted by molar-refractivity contribution is 7.09. The van der Waals surface area contributed by atoms with E-state index in [1.54, 1.807) is 11.1 Å². The second kappa shape index (κ2) is 9.72. The lowest BCUT2D eigenvalue weighted by Crippen LogP contribution is -2.46. The quantitative estimate of drug-likeness (QED) is 0.591. The number of amides is 2. The van der Waals surface area contributed by atoms with Crippen molar-refractivity contribution in [2.24, 2.45) is 0 Å². The lowest BCUT2D eigenvalue weighted by atomic mass is 9.89. The van der Waals surface area contributed by atoms with Crippen molar-refractivity contribution in [3.05, 3.63) is 76.3 Å². The molecule has 0 radical (unpaired) electrons. The van der Waals surface area contributed by atoms with E-state index in [1.165, 1.54) is 35.6 Å². The molecule has 0 bridgehead atoms. The van der Waals surface area contributed by atoms with Gasteiger partial charge in [0.15, 0.2) is 0 Å². The highest BCUT2D eigenvalue weighted by Gasteiger charge is 2.37. The molecule has 1 aromatic carbocycles. The van der Waals surface area contributed by atoms with Crippen LogP contribution in [0.5, 0.6) is 0 Å². The highest BCUT2D eigenvalue weighted by atomic mass is 32.1. The molecule has 2 amide bonds. The molecule has 1 aliphatic heterocycles. The summed E-state index contributed by atoms with van der Waals surface area (Å²) in [6.07, 6.45) is 4.44. The molecule has 0 spiro atoms. The summed E-state index contributed by atoms with van der Waals surface area (Å²) in [6.45, 7) is 2.28. The summed E-state index contributed by atoms with van der Waals surface area (Å²) in [7, 11) is 2.03. The van der Waals surface area contributed by atoms with E-state index in [0.29, 0.717) is 43.9 Å². The van der Waals surface area contributed by atoms with E-state index < -0.39 is 5.60 Å². The van der Waals surface area contributed by atoms with Gasteiger partial charge in [-0.1, -0.05) is 6.07 Å². The number of anilines is 1. The van der Waals surface area contributed by atoms with Gasteiger partial charge in [0, 0.05) is 43.1 Å². The smallest absolute Gasteiger partial charge is 0.321 e. The first-order valence-corrected chi connectivity index (χ1v) is 11.4. The van der Waals surface area contributed by atoms with Gasteiger partial charge in [-0.15, -0.1) is 11.3 Å². The number of rotatable bonds is 6. The van der Waals surface area contributed by atoms with Crippen LogP contribution in [0.4, 0.5) is 14.9 Å². The molecule has 4 rings (SSSR count). The third-order valence-corrected chi connectivity index (χ3v) is 6.42. The van der Waals surface area contributed by atoms with Crippen LogP contribution >= 0.6 is 11.3 Å². The number of benzene rings is 1. The fourth-order valence-electron chi connectivity index (χ4n) is 3.76. The van der Waals surface area contributed by atoms with Gasteiger partial charge in [-0.25, -0.2) is 14.2 Å². The zero-order valence-corrected chi connectivity index (χ0v) is 18.7. The number of piperidine rings is 1. The van der Waals surface area contributed by atoms with Gasteiger partial charge in [0.25, 0.3) is 0 Å². The minimum Gasteiger partial charge on any atom is -0.383 e. The standard InChI is InChI=1S/C23H26FN5O2S/c1-28(14-17-3-2-10-25-13-17)15-21-27-20(16-32-21)23(31)8-11-29(12-9-23)22(30)26-19-6-4-18(24)5-7-19/h2-7,10,13,16,31H,8-9,11-12,14-15H2,1H3,(H,26,30). The number of likely N-dealkylation sites (tertiary alicyclic amines) is 1.